The predicted octanol–water partition coefficient (Wildman–Crippen LogP) is 4.94. The largest absolute Gasteiger partial charge is 0.371 e. The Morgan fingerprint density at radius 2 is 2.05 bits per heavy atom. The van der Waals surface area contributed by atoms with E-state index < -0.39 is 0 Å². The highest BCUT2D eigenvalue weighted by Gasteiger charge is 2.26. The van der Waals surface area contributed by atoms with Gasteiger partial charge < -0.3 is 4.74 Å². The van der Waals surface area contributed by atoms with Gasteiger partial charge in [0.15, 0.2) is 0 Å². The van der Waals surface area contributed by atoms with Gasteiger partial charge in [0, 0.05) is 3.92 Å². The zero-order valence-electron chi connectivity index (χ0n) is 11.6. The summed E-state index contributed by atoms with van der Waals surface area (Å²) in [7, 11) is 0. The topological polar surface area (TPSA) is 9.23 Å². The lowest BCUT2D eigenvalue weighted by atomic mass is 9.98. The monoisotopic (exact) mass is 370 g/mol. The van der Waals surface area contributed by atoms with Crippen molar-refractivity contribution in [3.63, 3.8) is 0 Å². The lowest BCUT2D eigenvalue weighted by Crippen LogP contribution is -2.32. The molecule has 2 rings (SSSR count). The van der Waals surface area contributed by atoms with E-state index in [0.29, 0.717) is 12.2 Å². The molecule has 0 saturated carbocycles. The Hall–Kier alpha value is -0.350. The third-order valence-electron chi connectivity index (χ3n) is 3.56. The second-order valence-corrected chi connectivity index (χ2v) is 6.99. The molecular weight excluding hydrogens is 347 g/mol. The lowest BCUT2D eigenvalue weighted by molar-refractivity contribution is -0.0241. The minimum atomic E-state index is 0.330. The molecule has 0 amide bonds. The van der Waals surface area contributed by atoms with E-state index in [9.17, 15) is 0 Å². The Morgan fingerprint density at radius 3 is 2.79 bits per heavy atom. The zero-order valence-corrected chi connectivity index (χ0v) is 13.8. The highest BCUT2D eigenvalue weighted by atomic mass is 127. The molecule has 2 heteroatoms. The van der Waals surface area contributed by atoms with Crippen LogP contribution in [-0.4, -0.2) is 16.1 Å². The van der Waals surface area contributed by atoms with Gasteiger partial charge in [-0.1, -0.05) is 72.0 Å². The first-order valence-electron chi connectivity index (χ1n) is 7.28. The average Bonchev–Trinajstić information content (AvgIpc) is 2.43. The smallest absolute Gasteiger partial charge is 0.0769 e. The Morgan fingerprint density at radius 1 is 1.26 bits per heavy atom. The quantitative estimate of drug-likeness (QED) is 0.405. The number of alkyl halides is 1. The van der Waals surface area contributed by atoms with Crippen molar-refractivity contribution in [3.8, 4) is 0 Å². The minimum Gasteiger partial charge on any atom is -0.371 e. The number of hydrogen-bond acceptors (Lipinski definition) is 1. The van der Waals surface area contributed by atoms with Crippen LogP contribution in [0.4, 0.5) is 0 Å². The van der Waals surface area contributed by atoms with Crippen molar-refractivity contribution in [2.24, 2.45) is 0 Å². The van der Waals surface area contributed by atoms with E-state index >= 15 is 0 Å². The van der Waals surface area contributed by atoms with Crippen LogP contribution in [-0.2, 0) is 11.2 Å². The van der Waals surface area contributed by atoms with Crippen LogP contribution in [0.1, 0.15) is 38.2 Å². The maximum atomic E-state index is 6.19. The predicted molar refractivity (Wildman–Crippen MR) is 89.9 cm³/mol. The Balaban J connectivity index is 1.84. The normalized spacial score (nSPS) is 27.8. The molecule has 0 N–H and O–H groups in total. The van der Waals surface area contributed by atoms with Crippen molar-refractivity contribution in [1.29, 1.82) is 0 Å². The van der Waals surface area contributed by atoms with E-state index in [1.165, 1.54) is 18.4 Å². The molecule has 19 heavy (non-hydrogen) atoms. The average molecular weight is 370 g/mol. The van der Waals surface area contributed by atoms with Crippen LogP contribution >= 0.6 is 22.6 Å². The summed E-state index contributed by atoms with van der Waals surface area (Å²) >= 11 is 2.58. The number of ether oxygens (including phenoxy) is 1. The SMILES string of the molecule is CC/C=C/[C@@H]1C[C@H](I)C[C@H](CCc2ccccc2)O1. The summed E-state index contributed by atoms with van der Waals surface area (Å²) in [5.74, 6) is 0. The summed E-state index contributed by atoms with van der Waals surface area (Å²) in [6.07, 6.45) is 11.0. The number of hydrogen-bond donors (Lipinski definition) is 0. The van der Waals surface area contributed by atoms with Crippen LogP contribution in [0.5, 0.6) is 0 Å². The lowest BCUT2D eigenvalue weighted by Gasteiger charge is -2.32. The van der Waals surface area contributed by atoms with Gasteiger partial charge >= 0.3 is 0 Å². The molecule has 1 aromatic carbocycles. The fourth-order valence-corrected chi connectivity index (χ4v) is 3.63. The van der Waals surface area contributed by atoms with Crippen LogP contribution in [0.3, 0.4) is 0 Å². The summed E-state index contributed by atoms with van der Waals surface area (Å²) in [6, 6.07) is 10.7. The Kier molecular flexibility index (Phi) is 6.38. The third kappa shape index (κ3) is 5.27. The van der Waals surface area contributed by atoms with Crippen molar-refractivity contribution < 1.29 is 4.74 Å². The maximum Gasteiger partial charge on any atom is 0.0769 e. The highest BCUT2D eigenvalue weighted by Crippen LogP contribution is 2.28. The van der Waals surface area contributed by atoms with Crippen LogP contribution in [0.15, 0.2) is 42.5 Å². The van der Waals surface area contributed by atoms with Crippen LogP contribution < -0.4 is 0 Å². The summed E-state index contributed by atoms with van der Waals surface area (Å²) in [6.45, 7) is 2.17. The second-order valence-electron chi connectivity index (χ2n) is 5.23. The molecule has 104 valence electrons. The minimum absolute atomic E-state index is 0.330. The van der Waals surface area contributed by atoms with Gasteiger partial charge in [-0.15, -0.1) is 0 Å². The molecule has 0 radical (unpaired) electrons. The standard InChI is InChI=1S/C17H23IO/c1-2-3-9-16-12-15(18)13-17(19-16)11-10-14-7-5-4-6-8-14/h3-9,15-17H,2,10-13H2,1H3/b9-3+/t15-,16+,17-/m0/s1. The summed E-state index contributed by atoms with van der Waals surface area (Å²) < 4.78 is 6.94. The Labute approximate surface area is 130 Å². The molecule has 1 nitrogen and oxygen atoms in total. The maximum absolute atomic E-state index is 6.19. The van der Waals surface area contributed by atoms with Crippen molar-refractivity contribution in [3.05, 3.63) is 48.0 Å². The fourth-order valence-electron chi connectivity index (χ4n) is 2.56. The van der Waals surface area contributed by atoms with E-state index in [-0.39, 0.29) is 0 Å². The number of allylic oxidation sites excluding steroid dienone is 1. The molecule has 1 heterocycles. The molecule has 0 spiro atoms. The number of halogens is 1. The highest BCUT2D eigenvalue weighted by molar-refractivity contribution is 14.1. The first-order valence-corrected chi connectivity index (χ1v) is 8.52. The molecule has 1 aliphatic rings. The van der Waals surface area contributed by atoms with E-state index in [1.807, 2.05) is 0 Å². The van der Waals surface area contributed by atoms with Crippen molar-refractivity contribution >= 4 is 22.6 Å². The number of rotatable bonds is 5. The molecular formula is C17H23IO. The van der Waals surface area contributed by atoms with Gasteiger partial charge in [-0.25, -0.2) is 0 Å². The van der Waals surface area contributed by atoms with Crippen LogP contribution in [0.2, 0.25) is 0 Å². The van der Waals surface area contributed by atoms with Gasteiger partial charge in [-0.2, -0.15) is 0 Å². The molecule has 1 aromatic rings. The molecule has 0 aliphatic carbocycles. The summed E-state index contributed by atoms with van der Waals surface area (Å²) in [5.41, 5.74) is 1.42. The van der Waals surface area contributed by atoms with Crippen LogP contribution in [0.25, 0.3) is 0 Å². The first kappa shape index (κ1) is 15.0. The Bertz CT molecular complexity index is 388. The zero-order chi connectivity index (χ0) is 13.5. The number of aryl methyl sites for hydroxylation is 1. The van der Waals surface area contributed by atoms with E-state index in [0.717, 1.165) is 23.2 Å². The molecule has 0 unspecified atom stereocenters. The molecule has 1 fully saturated rings. The molecule has 1 saturated heterocycles. The first-order chi connectivity index (χ1) is 9.28. The molecule has 1 aliphatic heterocycles. The van der Waals surface area contributed by atoms with E-state index in [4.69, 9.17) is 4.74 Å². The van der Waals surface area contributed by atoms with Gasteiger partial charge in [0.25, 0.3) is 0 Å². The fraction of sp³-hybridized carbons (Fsp3) is 0.529. The van der Waals surface area contributed by atoms with Crippen molar-refractivity contribution in [2.75, 3.05) is 0 Å². The second kappa shape index (κ2) is 8.05. The van der Waals surface area contributed by atoms with Gasteiger partial charge in [0.2, 0.25) is 0 Å². The summed E-state index contributed by atoms with van der Waals surface area (Å²) in [5, 5.41) is 0. The van der Waals surface area contributed by atoms with Gasteiger partial charge in [0.1, 0.15) is 0 Å². The van der Waals surface area contributed by atoms with E-state index in [1.54, 1.807) is 0 Å². The summed E-state index contributed by atoms with van der Waals surface area (Å²) in [4.78, 5) is 0. The van der Waals surface area contributed by atoms with Crippen LogP contribution in [0, 0.1) is 0 Å². The third-order valence-corrected chi connectivity index (χ3v) is 4.58. The molecule has 3 atom stereocenters. The van der Waals surface area contributed by atoms with Gasteiger partial charge in [-0.05, 0) is 37.7 Å². The molecule has 0 aromatic heterocycles. The van der Waals surface area contributed by atoms with Crippen molar-refractivity contribution in [2.45, 2.75) is 55.2 Å². The van der Waals surface area contributed by atoms with Crippen molar-refractivity contribution in [1.82, 2.24) is 0 Å². The van der Waals surface area contributed by atoms with Gasteiger partial charge in [0.05, 0.1) is 12.2 Å². The van der Waals surface area contributed by atoms with Gasteiger partial charge in [-0.3, -0.25) is 0 Å². The van der Waals surface area contributed by atoms with E-state index in [2.05, 4.69) is 72.0 Å². The number of benzene rings is 1. The molecule has 0 bridgehead atoms.